The number of para-hydroxylation sites is 1. The average molecular weight is 404 g/mol. The molecule has 0 fully saturated rings. The van der Waals surface area contributed by atoms with E-state index in [-0.39, 0.29) is 5.97 Å². The molecule has 1 atom stereocenters. The van der Waals surface area contributed by atoms with Crippen molar-refractivity contribution in [3.63, 3.8) is 0 Å². The van der Waals surface area contributed by atoms with Crippen molar-refractivity contribution in [2.45, 2.75) is 32.7 Å². The van der Waals surface area contributed by atoms with Crippen molar-refractivity contribution in [1.29, 1.82) is 0 Å². The summed E-state index contributed by atoms with van der Waals surface area (Å²) in [5, 5.41) is 7.63. The maximum atomic E-state index is 13.0. The molecule has 30 heavy (non-hydrogen) atoms. The maximum absolute atomic E-state index is 13.0. The summed E-state index contributed by atoms with van der Waals surface area (Å²) in [5.41, 5.74) is 2.23. The highest BCUT2D eigenvalue weighted by atomic mass is 16.5. The third kappa shape index (κ3) is 3.91. The van der Waals surface area contributed by atoms with Gasteiger partial charge in [0.2, 0.25) is 5.95 Å². The maximum Gasteiger partial charge on any atom is 0.338 e. The van der Waals surface area contributed by atoms with Gasteiger partial charge in [-0.25, -0.2) is 9.48 Å². The van der Waals surface area contributed by atoms with Gasteiger partial charge in [0.1, 0.15) is 23.9 Å². The number of benzene rings is 2. The minimum absolute atomic E-state index is 0.301. The van der Waals surface area contributed by atoms with Crippen LogP contribution in [0.4, 0.5) is 5.95 Å². The van der Waals surface area contributed by atoms with Gasteiger partial charge in [-0.05, 0) is 43.2 Å². The second-order valence-corrected chi connectivity index (χ2v) is 6.91. The van der Waals surface area contributed by atoms with Crippen LogP contribution in [0.3, 0.4) is 0 Å². The van der Waals surface area contributed by atoms with Crippen LogP contribution in [-0.4, -0.2) is 27.3 Å². The van der Waals surface area contributed by atoms with Crippen LogP contribution >= 0.6 is 0 Å². The van der Waals surface area contributed by atoms with Crippen LogP contribution in [0.25, 0.3) is 0 Å². The summed E-state index contributed by atoms with van der Waals surface area (Å²) < 4.78 is 13.1. The normalized spacial score (nSPS) is 15.3. The van der Waals surface area contributed by atoms with Crippen LogP contribution in [-0.2, 0) is 9.53 Å². The number of anilines is 1. The van der Waals surface area contributed by atoms with Crippen molar-refractivity contribution in [2.75, 3.05) is 11.9 Å². The van der Waals surface area contributed by atoms with Crippen molar-refractivity contribution in [1.82, 2.24) is 14.8 Å². The number of carbonyl (C=O) groups excluding carboxylic acids is 1. The fraction of sp³-hybridized carbons (Fsp3) is 0.261. The SMILES string of the molecule is CCCC1=C(C(=O)OCC)[C@H](c2cccc(Oc3ccccc3)c2)n2ncnc2N1. The Morgan fingerprint density at radius 3 is 2.67 bits per heavy atom. The van der Waals surface area contributed by atoms with Crippen LogP contribution in [0.15, 0.2) is 72.2 Å². The Hall–Kier alpha value is -3.61. The number of carbonyl (C=O) groups is 1. The van der Waals surface area contributed by atoms with E-state index in [1.54, 1.807) is 11.6 Å². The number of esters is 1. The molecule has 2 heterocycles. The van der Waals surface area contributed by atoms with Gasteiger partial charge in [0, 0.05) is 5.70 Å². The zero-order chi connectivity index (χ0) is 20.9. The molecular weight excluding hydrogens is 380 g/mol. The molecule has 1 aromatic heterocycles. The minimum atomic E-state index is -0.455. The lowest BCUT2D eigenvalue weighted by Gasteiger charge is -2.29. The number of hydrogen-bond donors (Lipinski definition) is 1. The third-order valence-corrected chi connectivity index (χ3v) is 4.83. The van der Waals surface area contributed by atoms with Gasteiger partial charge in [-0.1, -0.05) is 43.7 Å². The topological polar surface area (TPSA) is 78.3 Å². The number of aromatic nitrogens is 3. The Morgan fingerprint density at radius 1 is 1.10 bits per heavy atom. The van der Waals surface area contributed by atoms with Crippen LogP contribution in [0, 0.1) is 0 Å². The quantitative estimate of drug-likeness (QED) is 0.575. The van der Waals surface area contributed by atoms with E-state index in [1.165, 1.54) is 6.33 Å². The third-order valence-electron chi connectivity index (χ3n) is 4.83. The molecule has 0 unspecified atom stereocenters. The molecule has 0 aliphatic carbocycles. The van der Waals surface area contributed by atoms with E-state index in [4.69, 9.17) is 9.47 Å². The molecule has 7 nitrogen and oxygen atoms in total. The van der Waals surface area contributed by atoms with Gasteiger partial charge in [0.25, 0.3) is 0 Å². The van der Waals surface area contributed by atoms with Crippen molar-refractivity contribution in [3.05, 3.63) is 77.8 Å². The van der Waals surface area contributed by atoms with Crippen molar-refractivity contribution in [2.24, 2.45) is 0 Å². The molecular formula is C23H24N4O3. The first-order valence-electron chi connectivity index (χ1n) is 10.1. The highest BCUT2D eigenvalue weighted by molar-refractivity contribution is 5.92. The van der Waals surface area contributed by atoms with E-state index < -0.39 is 6.04 Å². The first-order chi connectivity index (χ1) is 14.7. The van der Waals surface area contributed by atoms with Gasteiger partial charge < -0.3 is 14.8 Å². The second-order valence-electron chi connectivity index (χ2n) is 6.91. The van der Waals surface area contributed by atoms with Crippen molar-refractivity contribution in [3.8, 4) is 11.5 Å². The van der Waals surface area contributed by atoms with E-state index in [0.29, 0.717) is 30.3 Å². The molecule has 0 saturated heterocycles. The first-order valence-corrected chi connectivity index (χ1v) is 10.1. The number of rotatable bonds is 7. The molecule has 0 radical (unpaired) electrons. The molecule has 4 rings (SSSR count). The summed E-state index contributed by atoms with van der Waals surface area (Å²) in [6, 6.07) is 16.8. The number of allylic oxidation sites excluding steroid dienone is 1. The van der Waals surface area contributed by atoms with Gasteiger partial charge in [0.05, 0.1) is 12.2 Å². The molecule has 154 valence electrons. The van der Waals surface area contributed by atoms with Gasteiger partial charge in [-0.15, -0.1) is 0 Å². The van der Waals surface area contributed by atoms with Crippen LogP contribution < -0.4 is 10.1 Å². The lowest BCUT2D eigenvalue weighted by Crippen LogP contribution is -2.30. The summed E-state index contributed by atoms with van der Waals surface area (Å²) >= 11 is 0. The van der Waals surface area contributed by atoms with E-state index in [2.05, 4.69) is 22.3 Å². The Bertz CT molecular complexity index is 1060. The molecule has 3 aromatic rings. The largest absolute Gasteiger partial charge is 0.463 e. The zero-order valence-electron chi connectivity index (χ0n) is 17.0. The van der Waals surface area contributed by atoms with Crippen LogP contribution in [0.1, 0.15) is 38.3 Å². The fourth-order valence-corrected chi connectivity index (χ4v) is 3.59. The molecule has 2 aromatic carbocycles. The second kappa shape index (κ2) is 8.82. The Labute approximate surface area is 175 Å². The van der Waals surface area contributed by atoms with Gasteiger partial charge in [-0.2, -0.15) is 10.1 Å². The average Bonchev–Trinajstić information content (AvgIpc) is 3.22. The van der Waals surface area contributed by atoms with E-state index in [9.17, 15) is 4.79 Å². The molecule has 0 bridgehead atoms. The standard InChI is InChI=1S/C23H24N4O3/c1-3-9-19-20(22(28)29-4-2)21(27-23(26-19)24-15-25-27)16-10-8-13-18(14-16)30-17-11-6-5-7-12-17/h5-8,10-15,21H,3-4,9H2,1-2H3,(H,24,25,26)/t21-/m0/s1. The summed E-state index contributed by atoms with van der Waals surface area (Å²) in [7, 11) is 0. The molecule has 0 spiro atoms. The fourth-order valence-electron chi connectivity index (χ4n) is 3.59. The van der Waals surface area contributed by atoms with Crippen LogP contribution in [0.2, 0.25) is 0 Å². The minimum Gasteiger partial charge on any atom is -0.463 e. The predicted octanol–water partition coefficient (Wildman–Crippen LogP) is 4.70. The van der Waals surface area contributed by atoms with Gasteiger partial charge >= 0.3 is 5.97 Å². The molecule has 1 aliphatic heterocycles. The van der Waals surface area contributed by atoms with E-state index in [1.807, 2.05) is 54.6 Å². The number of nitrogens with one attached hydrogen (secondary N) is 1. The number of nitrogens with zero attached hydrogens (tertiary/aromatic N) is 3. The monoisotopic (exact) mass is 404 g/mol. The van der Waals surface area contributed by atoms with E-state index in [0.717, 1.165) is 23.4 Å². The Balaban J connectivity index is 1.78. The predicted molar refractivity (Wildman–Crippen MR) is 113 cm³/mol. The molecule has 1 aliphatic rings. The van der Waals surface area contributed by atoms with Crippen molar-refractivity contribution < 1.29 is 14.3 Å². The number of fused-ring (bicyclic) bond motifs is 1. The van der Waals surface area contributed by atoms with Gasteiger partial charge in [-0.3, -0.25) is 0 Å². The summed E-state index contributed by atoms with van der Waals surface area (Å²) in [4.78, 5) is 17.3. The van der Waals surface area contributed by atoms with Crippen molar-refractivity contribution >= 4 is 11.9 Å². The number of hydrogen-bond acceptors (Lipinski definition) is 6. The lowest BCUT2D eigenvalue weighted by atomic mass is 9.94. The zero-order valence-corrected chi connectivity index (χ0v) is 17.0. The number of ether oxygens (including phenoxy) is 2. The molecule has 0 amide bonds. The molecule has 0 saturated carbocycles. The lowest BCUT2D eigenvalue weighted by molar-refractivity contribution is -0.139. The molecule has 7 heteroatoms. The molecule has 1 N–H and O–H groups in total. The summed E-state index contributed by atoms with van der Waals surface area (Å²) in [6.07, 6.45) is 3.07. The Kier molecular flexibility index (Phi) is 5.79. The highest BCUT2D eigenvalue weighted by Crippen LogP contribution is 2.38. The summed E-state index contributed by atoms with van der Waals surface area (Å²) in [5.74, 6) is 1.67. The van der Waals surface area contributed by atoms with Crippen LogP contribution in [0.5, 0.6) is 11.5 Å². The highest BCUT2D eigenvalue weighted by Gasteiger charge is 2.35. The smallest absolute Gasteiger partial charge is 0.338 e. The Morgan fingerprint density at radius 2 is 1.90 bits per heavy atom. The summed E-state index contributed by atoms with van der Waals surface area (Å²) in [6.45, 7) is 4.17. The van der Waals surface area contributed by atoms with Gasteiger partial charge in [0.15, 0.2) is 0 Å². The first kappa shape index (κ1) is 19.7. The van der Waals surface area contributed by atoms with E-state index >= 15 is 0 Å².